The number of nitrogens with zero attached hydrogens (tertiary/aromatic N) is 3. The number of benzene rings is 1. The molecule has 0 saturated carbocycles. The van der Waals surface area contributed by atoms with Gasteiger partial charge in [-0.2, -0.15) is 0 Å². The molecule has 0 bridgehead atoms. The maximum Gasteiger partial charge on any atom is 0.247 e. The first kappa shape index (κ1) is 15.6. The zero-order valence-corrected chi connectivity index (χ0v) is 12.6. The van der Waals surface area contributed by atoms with Crippen molar-refractivity contribution in [2.24, 2.45) is 0 Å². The number of aliphatic hydroxyl groups excluding tert-OH is 1. The molecule has 0 spiro atoms. The fourth-order valence-electron chi connectivity index (χ4n) is 2.02. The molecule has 0 saturated heterocycles. The Hall–Kier alpha value is -1.76. The van der Waals surface area contributed by atoms with Gasteiger partial charge in [-0.05, 0) is 26.1 Å². The minimum Gasteiger partial charge on any atom is -0.419 e. The van der Waals surface area contributed by atoms with Crippen LogP contribution in [0.4, 0.5) is 0 Å². The summed E-state index contributed by atoms with van der Waals surface area (Å²) in [4.78, 5) is 1.95. The lowest BCUT2D eigenvalue weighted by Crippen LogP contribution is -2.33. The molecule has 21 heavy (non-hydrogen) atoms. The Morgan fingerprint density at radius 3 is 2.67 bits per heavy atom. The second kappa shape index (κ2) is 7.31. The van der Waals surface area contributed by atoms with Gasteiger partial charge in [0.25, 0.3) is 0 Å². The van der Waals surface area contributed by atoms with Crippen LogP contribution in [0.15, 0.2) is 34.7 Å². The van der Waals surface area contributed by atoms with Crippen molar-refractivity contribution in [3.05, 3.63) is 36.2 Å². The monoisotopic (exact) mass is 291 g/mol. The summed E-state index contributed by atoms with van der Waals surface area (Å²) >= 11 is 0. The first-order valence-corrected chi connectivity index (χ1v) is 6.88. The van der Waals surface area contributed by atoms with Gasteiger partial charge in [0.1, 0.15) is 0 Å². The Morgan fingerprint density at radius 1 is 1.29 bits per heavy atom. The molecule has 6 nitrogen and oxygen atoms in total. The third kappa shape index (κ3) is 4.10. The van der Waals surface area contributed by atoms with Crippen LogP contribution in [0.1, 0.15) is 18.9 Å². The number of aliphatic hydroxyl groups is 1. The quantitative estimate of drug-likeness (QED) is 0.837. The zero-order valence-electron chi connectivity index (χ0n) is 12.6. The van der Waals surface area contributed by atoms with Crippen LogP contribution >= 0.6 is 0 Å². The lowest BCUT2D eigenvalue weighted by Gasteiger charge is -2.24. The van der Waals surface area contributed by atoms with Gasteiger partial charge in [-0.3, -0.25) is 4.90 Å². The Kier molecular flexibility index (Phi) is 5.44. The average molecular weight is 291 g/mol. The van der Waals surface area contributed by atoms with Crippen molar-refractivity contribution >= 4 is 0 Å². The molecule has 6 heteroatoms. The lowest BCUT2D eigenvalue weighted by atomic mass is 10.2. The van der Waals surface area contributed by atoms with Gasteiger partial charge in [-0.25, -0.2) is 0 Å². The minimum absolute atomic E-state index is 0.0820. The fraction of sp³-hybridized carbons (Fsp3) is 0.467. The molecule has 2 aromatic rings. The lowest BCUT2D eigenvalue weighted by molar-refractivity contribution is 0.0332. The Labute approximate surface area is 124 Å². The van der Waals surface area contributed by atoms with Crippen molar-refractivity contribution in [3.63, 3.8) is 0 Å². The van der Waals surface area contributed by atoms with Gasteiger partial charge in [0.2, 0.25) is 11.8 Å². The van der Waals surface area contributed by atoms with Crippen LogP contribution in [-0.2, 0) is 4.74 Å². The van der Waals surface area contributed by atoms with Crippen molar-refractivity contribution in [1.82, 2.24) is 15.1 Å². The maximum absolute atomic E-state index is 9.77. The zero-order chi connectivity index (χ0) is 15.2. The van der Waals surface area contributed by atoms with E-state index in [9.17, 15) is 5.11 Å². The molecule has 2 atom stereocenters. The Morgan fingerprint density at radius 2 is 2.00 bits per heavy atom. The van der Waals surface area contributed by atoms with Crippen LogP contribution in [0.2, 0.25) is 0 Å². The first-order valence-electron chi connectivity index (χ1n) is 6.88. The summed E-state index contributed by atoms with van der Waals surface area (Å²) in [5.74, 6) is 1.03. The Balaban J connectivity index is 2.03. The van der Waals surface area contributed by atoms with E-state index in [1.54, 1.807) is 7.11 Å². The number of rotatable bonds is 7. The number of hydrogen-bond acceptors (Lipinski definition) is 6. The average Bonchev–Trinajstić information content (AvgIpc) is 2.97. The van der Waals surface area contributed by atoms with E-state index in [1.165, 1.54) is 0 Å². The molecular weight excluding hydrogens is 270 g/mol. The summed E-state index contributed by atoms with van der Waals surface area (Å²) in [6, 6.07) is 9.56. The van der Waals surface area contributed by atoms with E-state index in [2.05, 4.69) is 10.2 Å². The number of aromatic nitrogens is 2. The normalized spacial score (nSPS) is 14.3. The van der Waals surface area contributed by atoms with Crippen LogP contribution in [0.5, 0.6) is 0 Å². The molecule has 1 heterocycles. The smallest absolute Gasteiger partial charge is 0.247 e. The standard InChI is InChI=1S/C15H21N3O3/c1-11(18(2)9-13(19)10-20-3)14-16-17-15(21-14)12-7-5-4-6-8-12/h4-8,11,13,19H,9-10H2,1-3H3. The summed E-state index contributed by atoms with van der Waals surface area (Å²) in [7, 11) is 3.47. The number of ether oxygens (including phenoxy) is 1. The second-order valence-electron chi connectivity index (χ2n) is 5.04. The molecule has 0 aliphatic carbocycles. The van der Waals surface area contributed by atoms with E-state index in [1.807, 2.05) is 49.2 Å². The number of likely N-dealkylation sites (N-methyl/N-ethyl adjacent to an activating group) is 1. The molecule has 0 aliphatic rings. The highest BCUT2D eigenvalue weighted by atomic mass is 16.5. The molecule has 0 fully saturated rings. The minimum atomic E-state index is -0.543. The molecule has 0 aliphatic heterocycles. The van der Waals surface area contributed by atoms with E-state index in [4.69, 9.17) is 9.15 Å². The number of hydrogen-bond donors (Lipinski definition) is 1. The van der Waals surface area contributed by atoms with E-state index in [-0.39, 0.29) is 6.04 Å². The largest absolute Gasteiger partial charge is 0.419 e. The summed E-state index contributed by atoms with van der Waals surface area (Å²) in [5, 5.41) is 17.9. The van der Waals surface area contributed by atoms with E-state index in [0.717, 1.165) is 5.56 Å². The highest BCUT2D eigenvalue weighted by Crippen LogP contribution is 2.22. The molecule has 1 N–H and O–H groups in total. The summed E-state index contributed by atoms with van der Waals surface area (Å²) in [5.41, 5.74) is 0.894. The third-order valence-electron chi connectivity index (χ3n) is 3.34. The van der Waals surface area contributed by atoms with Gasteiger partial charge in [0.15, 0.2) is 0 Å². The Bertz CT molecular complexity index is 544. The van der Waals surface area contributed by atoms with Crippen LogP contribution in [0, 0.1) is 0 Å². The molecule has 0 amide bonds. The molecule has 0 radical (unpaired) electrons. The molecule has 2 unspecified atom stereocenters. The van der Waals surface area contributed by atoms with Crippen molar-refractivity contribution in [2.75, 3.05) is 27.3 Å². The fourth-order valence-corrected chi connectivity index (χ4v) is 2.02. The molecule has 1 aromatic heterocycles. The van der Waals surface area contributed by atoms with Crippen LogP contribution < -0.4 is 0 Å². The van der Waals surface area contributed by atoms with Crippen LogP contribution in [0.25, 0.3) is 11.5 Å². The molecular formula is C15H21N3O3. The van der Waals surface area contributed by atoms with Crippen LogP contribution in [0.3, 0.4) is 0 Å². The van der Waals surface area contributed by atoms with Gasteiger partial charge >= 0.3 is 0 Å². The number of methoxy groups -OCH3 is 1. The van der Waals surface area contributed by atoms with Crippen molar-refractivity contribution < 1.29 is 14.3 Å². The van der Waals surface area contributed by atoms with E-state index in [0.29, 0.717) is 24.9 Å². The highest BCUT2D eigenvalue weighted by molar-refractivity contribution is 5.51. The van der Waals surface area contributed by atoms with Crippen molar-refractivity contribution in [1.29, 1.82) is 0 Å². The molecule has 2 rings (SSSR count). The van der Waals surface area contributed by atoms with Gasteiger partial charge < -0.3 is 14.3 Å². The van der Waals surface area contributed by atoms with E-state index < -0.39 is 6.10 Å². The summed E-state index contributed by atoms with van der Waals surface area (Å²) in [6.45, 7) is 2.73. The topological polar surface area (TPSA) is 71.6 Å². The van der Waals surface area contributed by atoms with Gasteiger partial charge in [-0.1, -0.05) is 18.2 Å². The highest BCUT2D eigenvalue weighted by Gasteiger charge is 2.21. The summed E-state index contributed by atoms with van der Waals surface area (Å²) < 4.78 is 10.6. The van der Waals surface area contributed by atoms with Gasteiger partial charge in [0.05, 0.1) is 18.8 Å². The maximum atomic E-state index is 9.77. The predicted octanol–water partition coefficient (Wildman–Crippen LogP) is 1.74. The van der Waals surface area contributed by atoms with Gasteiger partial charge in [0, 0.05) is 19.2 Å². The van der Waals surface area contributed by atoms with Crippen molar-refractivity contribution in [3.8, 4) is 11.5 Å². The first-order chi connectivity index (χ1) is 10.1. The second-order valence-corrected chi connectivity index (χ2v) is 5.04. The SMILES string of the molecule is COCC(O)CN(C)C(C)c1nnc(-c2ccccc2)o1. The molecule has 114 valence electrons. The van der Waals surface area contributed by atoms with Gasteiger partial charge in [-0.15, -0.1) is 10.2 Å². The van der Waals surface area contributed by atoms with Crippen molar-refractivity contribution in [2.45, 2.75) is 19.1 Å². The summed E-state index contributed by atoms with van der Waals surface area (Å²) in [6.07, 6.45) is -0.543. The predicted molar refractivity (Wildman–Crippen MR) is 78.7 cm³/mol. The third-order valence-corrected chi connectivity index (χ3v) is 3.34. The molecule has 1 aromatic carbocycles. The van der Waals surface area contributed by atoms with E-state index >= 15 is 0 Å². The van der Waals surface area contributed by atoms with Crippen LogP contribution in [-0.4, -0.2) is 53.6 Å².